The first-order chi connectivity index (χ1) is 8.25. The largest absolute Gasteiger partial charge is 0.317 e. The van der Waals surface area contributed by atoms with Gasteiger partial charge in [-0.1, -0.05) is 13.8 Å². The van der Waals surface area contributed by atoms with Gasteiger partial charge in [-0.05, 0) is 49.8 Å². The summed E-state index contributed by atoms with van der Waals surface area (Å²) in [7, 11) is 0. The normalized spacial score (nSPS) is 17.6. The summed E-state index contributed by atoms with van der Waals surface area (Å²) < 4.78 is 0. The topological polar surface area (TPSA) is 37.8 Å². The maximum atomic E-state index is 4.46. The lowest BCUT2D eigenvalue weighted by Gasteiger charge is -2.22. The molecule has 2 rings (SSSR count). The molecule has 0 spiro atoms. The Morgan fingerprint density at radius 3 is 2.47 bits per heavy atom. The molecule has 1 aromatic rings. The molecule has 3 heteroatoms. The number of aryl methyl sites for hydroxylation is 1. The second-order valence-electron chi connectivity index (χ2n) is 5.32. The highest BCUT2D eigenvalue weighted by molar-refractivity contribution is 5.09. The van der Waals surface area contributed by atoms with Crippen molar-refractivity contribution in [3.8, 4) is 0 Å². The van der Waals surface area contributed by atoms with E-state index in [9.17, 15) is 0 Å². The Kier molecular flexibility index (Phi) is 4.49. The molecule has 0 unspecified atom stereocenters. The Morgan fingerprint density at radius 1 is 1.24 bits per heavy atom. The van der Waals surface area contributed by atoms with Gasteiger partial charge in [-0.25, -0.2) is 9.97 Å². The molecule has 0 saturated carbocycles. The molecular weight excluding hydrogens is 210 g/mol. The maximum Gasteiger partial charge on any atom is 0.128 e. The molecule has 1 N–H and O–H groups in total. The van der Waals surface area contributed by atoms with Crippen LogP contribution in [0.15, 0.2) is 12.4 Å². The Hall–Kier alpha value is -0.960. The van der Waals surface area contributed by atoms with Crippen molar-refractivity contribution in [2.45, 2.75) is 45.4 Å². The van der Waals surface area contributed by atoms with Crippen LogP contribution in [0.3, 0.4) is 0 Å². The van der Waals surface area contributed by atoms with Crippen LogP contribution in [-0.2, 0) is 6.42 Å². The summed E-state index contributed by atoms with van der Waals surface area (Å²) in [6, 6.07) is 0. The molecule has 0 amide bonds. The lowest BCUT2D eigenvalue weighted by molar-refractivity contribution is 0.352. The van der Waals surface area contributed by atoms with E-state index in [-0.39, 0.29) is 0 Å². The predicted octanol–water partition coefficient (Wildman–Crippen LogP) is 2.53. The van der Waals surface area contributed by atoms with Crippen LogP contribution in [0.25, 0.3) is 0 Å². The minimum atomic E-state index is 0.522. The predicted molar refractivity (Wildman–Crippen MR) is 70.0 cm³/mol. The van der Waals surface area contributed by atoms with Crippen molar-refractivity contribution in [3.05, 3.63) is 23.8 Å². The Bertz CT molecular complexity index is 326. The molecule has 1 aromatic heterocycles. The maximum absolute atomic E-state index is 4.46. The van der Waals surface area contributed by atoms with Gasteiger partial charge in [0.1, 0.15) is 5.82 Å². The van der Waals surface area contributed by atoms with E-state index in [0.717, 1.165) is 18.2 Å². The third-order valence-corrected chi connectivity index (χ3v) is 3.63. The summed E-state index contributed by atoms with van der Waals surface area (Å²) >= 11 is 0. The fraction of sp³-hybridized carbons (Fsp3) is 0.714. The molecule has 1 fully saturated rings. The number of hydrogen-bond acceptors (Lipinski definition) is 3. The number of aromatic nitrogens is 2. The van der Waals surface area contributed by atoms with E-state index in [2.05, 4.69) is 29.1 Å². The Morgan fingerprint density at radius 2 is 1.88 bits per heavy atom. The van der Waals surface area contributed by atoms with Gasteiger partial charge in [0.2, 0.25) is 0 Å². The zero-order valence-electron chi connectivity index (χ0n) is 10.9. The highest BCUT2D eigenvalue weighted by Gasteiger charge is 2.13. The van der Waals surface area contributed by atoms with Gasteiger partial charge in [0.25, 0.3) is 0 Å². The highest BCUT2D eigenvalue weighted by Crippen LogP contribution is 2.18. The zero-order chi connectivity index (χ0) is 12.1. The monoisotopic (exact) mass is 233 g/mol. The summed E-state index contributed by atoms with van der Waals surface area (Å²) in [5.74, 6) is 2.39. The summed E-state index contributed by atoms with van der Waals surface area (Å²) in [5.41, 5.74) is 1.23. The molecule has 0 bridgehead atoms. The summed E-state index contributed by atoms with van der Waals surface area (Å²) in [4.78, 5) is 8.92. The number of nitrogens with zero attached hydrogens (tertiary/aromatic N) is 2. The number of rotatable bonds is 4. The quantitative estimate of drug-likeness (QED) is 0.868. The van der Waals surface area contributed by atoms with Crippen LogP contribution >= 0.6 is 0 Å². The fourth-order valence-corrected chi connectivity index (χ4v) is 2.30. The number of hydrogen-bond donors (Lipinski definition) is 1. The molecule has 0 radical (unpaired) electrons. The van der Waals surface area contributed by atoms with E-state index in [0.29, 0.717) is 5.92 Å². The smallest absolute Gasteiger partial charge is 0.128 e. The van der Waals surface area contributed by atoms with E-state index in [4.69, 9.17) is 0 Å². The number of piperidine rings is 1. The molecule has 3 nitrogen and oxygen atoms in total. The van der Waals surface area contributed by atoms with Crippen molar-refractivity contribution >= 4 is 0 Å². The van der Waals surface area contributed by atoms with Crippen LogP contribution in [0.2, 0.25) is 0 Å². The molecule has 1 aliphatic rings. The minimum absolute atomic E-state index is 0.522. The van der Waals surface area contributed by atoms with Gasteiger partial charge in [0.05, 0.1) is 0 Å². The Labute approximate surface area is 104 Å². The minimum Gasteiger partial charge on any atom is -0.317 e. The standard InChI is InChI=1S/C14H23N3/c1-11(2)13-9-16-14(17-10-13)4-3-12-5-7-15-8-6-12/h9-12,15H,3-8H2,1-2H3. The first kappa shape index (κ1) is 12.5. The second-order valence-corrected chi connectivity index (χ2v) is 5.32. The molecular formula is C14H23N3. The van der Waals surface area contributed by atoms with Crippen molar-refractivity contribution < 1.29 is 0 Å². The second kappa shape index (κ2) is 6.10. The van der Waals surface area contributed by atoms with E-state index in [1.807, 2.05) is 12.4 Å². The van der Waals surface area contributed by atoms with Crippen molar-refractivity contribution in [2.75, 3.05) is 13.1 Å². The van der Waals surface area contributed by atoms with Gasteiger partial charge in [-0.2, -0.15) is 0 Å². The third-order valence-electron chi connectivity index (χ3n) is 3.63. The van der Waals surface area contributed by atoms with E-state index in [1.54, 1.807) is 0 Å². The van der Waals surface area contributed by atoms with Crippen molar-refractivity contribution in [1.29, 1.82) is 0 Å². The molecule has 0 aromatic carbocycles. The molecule has 1 saturated heterocycles. The van der Waals surface area contributed by atoms with Crippen LogP contribution in [0.4, 0.5) is 0 Å². The third kappa shape index (κ3) is 3.77. The zero-order valence-corrected chi connectivity index (χ0v) is 10.9. The lowest BCUT2D eigenvalue weighted by atomic mass is 9.93. The molecule has 0 atom stereocenters. The summed E-state index contributed by atoms with van der Waals surface area (Å²) in [6.45, 7) is 6.70. The summed E-state index contributed by atoms with van der Waals surface area (Å²) in [6.07, 6.45) is 8.85. The Balaban J connectivity index is 1.82. The van der Waals surface area contributed by atoms with Crippen LogP contribution in [0.5, 0.6) is 0 Å². The van der Waals surface area contributed by atoms with E-state index in [1.165, 1.54) is 37.9 Å². The van der Waals surface area contributed by atoms with Gasteiger partial charge in [0.15, 0.2) is 0 Å². The average molecular weight is 233 g/mol. The van der Waals surface area contributed by atoms with Crippen LogP contribution in [-0.4, -0.2) is 23.1 Å². The number of nitrogens with one attached hydrogen (secondary N) is 1. The van der Waals surface area contributed by atoms with Gasteiger partial charge in [0, 0.05) is 18.8 Å². The molecule has 0 aliphatic carbocycles. The fourth-order valence-electron chi connectivity index (χ4n) is 2.30. The van der Waals surface area contributed by atoms with Gasteiger partial charge in [-0.3, -0.25) is 0 Å². The first-order valence-electron chi connectivity index (χ1n) is 6.77. The van der Waals surface area contributed by atoms with Gasteiger partial charge < -0.3 is 5.32 Å². The summed E-state index contributed by atoms with van der Waals surface area (Å²) in [5, 5.41) is 3.40. The van der Waals surface area contributed by atoms with E-state index >= 15 is 0 Å². The average Bonchev–Trinajstić information content (AvgIpc) is 2.38. The first-order valence-corrected chi connectivity index (χ1v) is 6.77. The molecule has 94 valence electrons. The van der Waals surface area contributed by atoms with Gasteiger partial charge >= 0.3 is 0 Å². The van der Waals surface area contributed by atoms with Crippen molar-refractivity contribution in [1.82, 2.24) is 15.3 Å². The molecule has 2 heterocycles. The molecule has 1 aliphatic heterocycles. The van der Waals surface area contributed by atoms with Crippen molar-refractivity contribution in [2.24, 2.45) is 5.92 Å². The SMILES string of the molecule is CC(C)c1cnc(CCC2CCNCC2)nc1. The van der Waals surface area contributed by atoms with Crippen LogP contribution < -0.4 is 5.32 Å². The van der Waals surface area contributed by atoms with Crippen molar-refractivity contribution in [3.63, 3.8) is 0 Å². The molecule has 17 heavy (non-hydrogen) atoms. The van der Waals surface area contributed by atoms with E-state index < -0.39 is 0 Å². The van der Waals surface area contributed by atoms with Crippen LogP contribution in [0, 0.1) is 5.92 Å². The lowest BCUT2D eigenvalue weighted by Crippen LogP contribution is -2.28. The van der Waals surface area contributed by atoms with Crippen LogP contribution in [0.1, 0.15) is 50.4 Å². The highest BCUT2D eigenvalue weighted by atomic mass is 14.9. The van der Waals surface area contributed by atoms with Gasteiger partial charge in [-0.15, -0.1) is 0 Å².